The van der Waals surface area contributed by atoms with Gasteiger partial charge in [-0.3, -0.25) is 9.20 Å². The highest BCUT2D eigenvalue weighted by molar-refractivity contribution is 5.78. The number of hydrogen-bond donors (Lipinski definition) is 1. The summed E-state index contributed by atoms with van der Waals surface area (Å²) in [5.41, 5.74) is 0.869. The zero-order valence-corrected chi connectivity index (χ0v) is 7.57. The number of H-pyrrole nitrogens is 1. The quantitative estimate of drug-likeness (QED) is 0.599. The molecule has 74 valence electrons. The number of hydrogen-bond acceptors (Lipinski definition) is 2. The van der Waals surface area contributed by atoms with Crippen molar-refractivity contribution in [3.05, 3.63) is 46.9 Å². The first kappa shape index (κ1) is 8.16. The number of nitrogens with zero attached hydrogens (tertiary/aromatic N) is 2. The molecule has 3 aromatic rings. The molecule has 0 saturated carbocycles. The third-order valence-electron chi connectivity index (χ3n) is 2.36. The van der Waals surface area contributed by atoms with Crippen LogP contribution in [0.5, 0.6) is 0 Å². The lowest BCUT2D eigenvalue weighted by Gasteiger charge is -2.01. The van der Waals surface area contributed by atoms with E-state index in [1.807, 2.05) is 0 Å². The van der Waals surface area contributed by atoms with E-state index in [1.165, 1.54) is 18.6 Å². The predicted molar refractivity (Wildman–Crippen MR) is 53.3 cm³/mol. The van der Waals surface area contributed by atoms with Gasteiger partial charge < -0.3 is 4.98 Å². The Morgan fingerprint density at radius 1 is 1.33 bits per heavy atom. The van der Waals surface area contributed by atoms with E-state index in [1.54, 1.807) is 16.5 Å². The summed E-state index contributed by atoms with van der Waals surface area (Å²) in [4.78, 5) is 17.9. The number of halogens is 1. The second-order valence-corrected chi connectivity index (χ2v) is 3.24. The molecular formula is C10H6FN3O. The molecule has 4 nitrogen and oxygen atoms in total. The van der Waals surface area contributed by atoms with Gasteiger partial charge in [0.25, 0.3) is 5.56 Å². The average molecular weight is 203 g/mol. The maximum Gasteiger partial charge on any atom is 0.274 e. The monoisotopic (exact) mass is 203 g/mol. The zero-order chi connectivity index (χ0) is 10.4. The van der Waals surface area contributed by atoms with Gasteiger partial charge in [-0.2, -0.15) is 0 Å². The molecule has 0 fully saturated rings. The summed E-state index contributed by atoms with van der Waals surface area (Å²) in [5.74, 6) is -0.444. The number of rotatable bonds is 0. The summed E-state index contributed by atoms with van der Waals surface area (Å²) >= 11 is 0. The number of fused-ring (bicyclic) bond motifs is 3. The van der Waals surface area contributed by atoms with E-state index in [-0.39, 0.29) is 11.1 Å². The highest BCUT2D eigenvalue weighted by atomic mass is 19.1. The molecule has 0 amide bonds. The molecule has 3 rings (SSSR count). The number of imidazole rings is 1. The molecule has 0 atom stereocenters. The minimum Gasteiger partial charge on any atom is -0.316 e. The summed E-state index contributed by atoms with van der Waals surface area (Å²) in [6, 6.07) is 4.62. The van der Waals surface area contributed by atoms with E-state index < -0.39 is 5.82 Å². The van der Waals surface area contributed by atoms with E-state index in [9.17, 15) is 9.18 Å². The predicted octanol–water partition coefficient (Wildman–Crippen LogP) is 1.31. The Bertz CT molecular complexity index is 713. The molecule has 2 aromatic heterocycles. The third-order valence-corrected chi connectivity index (χ3v) is 2.36. The van der Waals surface area contributed by atoms with Gasteiger partial charge in [0, 0.05) is 0 Å². The van der Waals surface area contributed by atoms with Gasteiger partial charge in [0.05, 0.1) is 18.0 Å². The van der Waals surface area contributed by atoms with Crippen LogP contribution in [0.3, 0.4) is 0 Å². The van der Waals surface area contributed by atoms with Gasteiger partial charge in [0.2, 0.25) is 0 Å². The van der Waals surface area contributed by atoms with Crippen molar-refractivity contribution in [2.24, 2.45) is 0 Å². The number of para-hydroxylation sites is 1. The Kier molecular flexibility index (Phi) is 1.45. The second kappa shape index (κ2) is 2.66. The number of nitrogens with one attached hydrogen (secondary N) is 1. The van der Waals surface area contributed by atoms with E-state index in [2.05, 4.69) is 9.97 Å². The fourth-order valence-electron chi connectivity index (χ4n) is 1.67. The minimum atomic E-state index is -0.444. The summed E-state index contributed by atoms with van der Waals surface area (Å²) in [7, 11) is 0. The fraction of sp³-hybridized carbons (Fsp3) is 0. The Morgan fingerprint density at radius 2 is 2.20 bits per heavy atom. The lowest BCUT2D eigenvalue weighted by Crippen LogP contribution is -2.10. The summed E-state index contributed by atoms with van der Waals surface area (Å²) in [5, 5.41) is 0. The lowest BCUT2D eigenvalue weighted by atomic mass is 10.3. The van der Waals surface area contributed by atoms with Crippen molar-refractivity contribution < 1.29 is 4.39 Å². The Labute approximate surface area is 83.0 Å². The highest BCUT2D eigenvalue weighted by Crippen LogP contribution is 2.14. The molecule has 1 N–H and O–H groups in total. The standard InChI is InChI=1S/C10H6FN3O/c11-6-2-1-3-7-9(6)13-10(15)8-4-12-5-14(7)8/h1-5H,(H,13,15). The van der Waals surface area contributed by atoms with Gasteiger partial charge in [0.1, 0.15) is 16.9 Å². The number of aromatic nitrogens is 3. The van der Waals surface area contributed by atoms with Gasteiger partial charge in [0.15, 0.2) is 0 Å². The van der Waals surface area contributed by atoms with Gasteiger partial charge in [-0.25, -0.2) is 9.37 Å². The van der Waals surface area contributed by atoms with Crippen LogP contribution in [-0.2, 0) is 0 Å². The molecule has 0 aliphatic carbocycles. The summed E-state index contributed by atoms with van der Waals surface area (Å²) in [6.45, 7) is 0. The largest absolute Gasteiger partial charge is 0.316 e. The Hall–Kier alpha value is -2.17. The van der Waals surface area contributed by atoms with Crippen molar-refractivity contribution in [1.82, 2.24) is 14.4 Å². The van der Waals surface area contributed by atoms with Crippen LogP contribution in [-0.4, -0.2) is 14.4 Å². The molecule has 0 aliphatic heterocycles. The lowest BCUT2D eigenvalue weighted by molar-refractivity contribution is 0.636. The van der Waals surface area contributed by atoms with Crippen LogP contribution in [0.15, 0.2) is 35.5 Å². The molecule has 5 heteroatoms. The maximum absolute atomic E-state index is 13.4. The van der Waals surface area contributed by atoms with Crippen LogP contribution in [0.4, 0.5) is 4.39 Å². The molecule has 0 aliphatic rings. The van der Waals surface area contributed by atoms with Gasteiger partial charge in [-0.05, 0) is 12.1 Å². The molecule has 0 bridgehead atoms. The molecule has 0 saturated heterocycles. The number of benzene rings is 1. The van der Waals surface area contributed by atoms with Crippen molar-refractivity contribution in [2.75, 3.05) is 0 Å². The van der Waals surface area contributed by atoms with E-state index >= 15 is 0 Å². The van der Waals surface area contributed by atoms with Crippen LogP contribution in [0.2, 0.25) is 0 Å². The van der Waals surface area contributed by atoms with Crippen LogP contribution in [0.1, 0.15) is 0 Å². The van der Waals surface area contributed by atoms with Crippen LogP contribution in [0, 0.1) is 5.82 Å². The van der Waals surface area contributed by atoms with Crippen molar-refractivity contribution in [1.29, 1.82) is 0 Å². The first-order valence-corrected chi connectivity index (χ1v) is 4.40. The van der Waals surface area contributed by atoms with Crippen LogP contribution in [0.25, 0.3) is 16.6 Å². The Morgan fingerprint density at radius 3 is 3.07 bits per heavy atom. The van der Waals surface area contributed by atoms with E-state index in [0.29, 0.717) is 11.0 Å². The topological polar surface area (TPSA) is 50.2 Å². The molecule has 2 heterocycles. The molecule has 0 radical (unpaired) electrons. The zero-order valence-electron chi connectivity index (χ0n) is 7.57. The summed E-state index contributed by atoms with van der Waals surface area (Å²) < 4.78 is 15.0. The normalized spacial score (nSPS) is 11.3. The first-order valence-electron chi connectivity index (χ1n) is 4.40. The fourth-order valence-corrected chi connectivity index (χ4v) is 1.67. The molecular weight excluding hydrogens is 197 g/mol. The minimum absolute atomic E-state index is 0.202. The third kappa shape index (κ3) is 0.999. The molecule has 15 heavy (non-hydrogen) atoms. The van der Waals surface area contributed by atoms with Gasteiger partial charge in [-0.15, -0.1) is 0 Å². The second-order valence-electron chi connectivity index (χ2n) is 3.24. The smallest absolute Gasteiger partial charge is 0.274 e. The first-order chi connectivity index (χ1) is 7.27. The van der Waals surface area contributed by atoms with Crippen molar-refractivity contribution >= 4 is 16.6 Å². The van der Waals surface area contributed by atoms with Crippen molar-refractivity contribution in [2.45, 2.75) is 0 Å². The van der Waals surface area contributed by atoms with E-state index in [4.69, 9.17) is 0 Å². The van der Waals surface area contributed by atoms with Crippen LogP contribution < -0.4 is 5.56 Å². The molecule has 0 spiro atoms. The Balaban J connectivity index is 2.72. The maximum atomic E-state index is 13.4. The molecule has 1 aromatic carbocycles. The average Bonchev–Trinajstić information content (AvgIpc) is 2.69. The van der Waals surface area contributed by atoms with Crippen molar-refractivity contribution in [3.63, 3.8) is 0 Å². The van der Waals surface area contributed by atoms with E-state index in [0.717, 1.165) is 0 Å². The number of aromatic amines is 1. The van der Waals surface area contributed by atoms with Gasteiger partial charge >= 0.3 is 0 Å². The summed E-state index contributed by atoms with van der Waals surface area (Å²) in [6.07, 6.45) is 2.94. The van der Waals surface area contributed by atoms with Gasteiger partial charge in [-0.1, -0.05) is 6.07 Å². The van der Waals surface area contributed by atoms with Crippen molar-refractivity contribution in [3.8, 4) is 0 Å². The SMILES string of the molecule is O=c1[nH]c2c(F)cccc2n2cncc12. The van der Waals surface area contributed by atoms with Crippen LogP contribution >= 0.6 is 0 Å². The highest BCUT2D eigenvalue weighted by Gasteiger charge is 2.07. The molecule has 0 unspecified atom stereocenters.